The van der Waals surface area contributed by atoms with Gasteiger partial charge < -0.3 is 14.6 Å². The SMILES string of the molecule is CN(C)c1ncc2c(n1)CCC[C@H]2NCc1ccccc1-c1ccco1. The number of fused-ring (bicyclic) bond motifs is 1. The van der Waals surface area contributed by atoms with Crippen LogP contribution >= 0.6 is 0 Å². The van der Waals surface area contributed by atoms with Gasteiger partial charge in [0, 0.05) is 44.0 Å². The molecule has 0 unspecified atom stereocenters. The maximum atomic E-state index is 5.59. The molecule has 2 aromatic heterocycles. The van der Waals surface area contributed by atoms with Gasteiger partial charge >= 0.3 is 0 Å². The van der Waals surface area contributed by atoms with Crippen LogP contribution in [0.1, 0.15) is 35.7 Å². The van der Waals surface area contributed by atoms with E-state index in [1.54, 1.807) is 6.26 Å². The van der Waals surface area contributed by atoms with Gasteiger partial charge in [-0.2, -0.15) is 0 Å². The van der Waals surface area contributed by atoms with Gasteiger partial charge in [0.1, 0.15) is 5.76 Å². The summed E-state index contributed by atoms with van der Waals surface area (Å²) in [5.41, 5.74) is 4.78. The third-order valence-corrected chi connectivity index (χ3v) is 4.91. The second-order valence-corrected chi connectivity index (χ2v) is 6.93. The molecule has 1 aliphatic carbocycles. The zero-order valence-electron chi connectivity index (χ0n) is 15.3. The molecule has 0 amide bonds. The van der Waals surface area contributed by atoms with Gasteiger partial charge in [0.25, 0.3) is 0 Å². The van der Waals surface area contributed by atoms with E-state index in [4.69, 9.17) is 9.40 Å². The predicted molar refractivity (Wildman–Crippen MR) is 103 cm³/mol. The number of nitrogens with one attached hydrogen (secondary N) is 1. The highest BCUT2D eigenvalue weighted by Crippen LogP contribution is 2.30. The maximum absolute atomic E-state index is 5.59. The Morgan fingerprint density at radius 2 is 2.08 bits per heavy atom. The molecule has 0 bridgehead atoms. The third kappa shape index (κ3) is 3.35. The van der Waals surface area contributed by atoms with E-state index < -0.39 is 0 Å². The van der Waals surface area contributed by atoms with Crippen LogP contribution in [0, 0.1) is 0 Å². The number of hydrogen-bond donors (Lipinski definition) is 1. The zero-order chi connectivity index (χ0) is 17.9. The Morgan fingerprint density at radius 3 is 2.88 bits per heavy atom. The summed E-state index contributed by atoms with van der Waals surface area (Å²) in [4.78, 5) is 11.2. The fraction of sp³-hybridized carbons (Fsp3) is 0.333. The largest absolute Gasteiger partial charge is 0.464 e. The van der Waals surface area contributed by atoms with Gasteiger partial charge in [-0.1, -0.05) is 24.3 Å². The number of aromatic nitrogens is 2. The van der Waals surface area contributed by atoms with Crippen molar-refractivity contribution in [3.63, 3.8) is 0 Å². The van der Waals surface area contributed by atoms with Crippen molar-refractivity contribution >= 4 is 5.95 Å². The lowest BCUT2D eigenvalue weighted by atomic mass is 9.92. The number of nitrogens with zero attached hydrogens (tertiary/aromatic N) is 3. The Bertz CT molecular complexity index is 873. The maximum Gasteiger partial charge on any atom is 0.225 e. The lowest BCUT2D eigenvalue weighted by Gasteiger charge is -2.26. The molecule has 4 rings (SSSR count). The third-order valence-electron chi connectivity index (χ3n) is 4.91. The highest BCUT2D eigenvalue weighted by atomic mass is 16.3. The van der Waals surface area contributed by atoms with Crippen LogP contribution in [0.15, 0.2) is 53.3 Å². The van der Waals surface area contributed by atoms with Crippen molar-refractivity contribution in [3.05, 3.63) is 65.7 Å². The van der Waals surface area contributed by atoms with E-state index in [9.17, 15) is 0 Å². The number of rotatable bonds is 5. The molecule has 1 aromatic carbocycles. The first-order valence-corrected chi connectivity index (χ1v) is 9.10. The van der Waals surface area contributed by atoms with Crippen molar-refractivity contribution in [1.82, 2.24) is 15.3 Å². The summed E-state index contributed by atoms with van der Waals surface area (Å²) in [7, 11) is 3.96. The van der Waals surface area contributed by atoms with Gasteiger partial charge in [0.2, 0.25) is 5.95 Å². The van der Waals surface area contributed by atoms with Crippen LogP contribution in [0.25, 0.3) is 11.3 Å². The second kappa shape index (κ2) is 7.30. The molecule has 26 heavy (non-hydrogen) atoms. The first kappa shape index (κ1) is 16.8. The van der Waals surface area contributed by atoms with Crippen LogP contribution < -0.4 is 10.2 Å². The van der Waals surface area contributed by atoms with Crippen molar-refractivity contribution in [1.29, 1.82) is 0 Å². The highest BCUT2D eigenvalue weighted by Gasteiger charge is 2.22. The minimum Gasteiger partial charge on any atom is -0.464 e. The molecule has 0 radical (unpaired) electrons. The fourth-order valence-electron chi connectivity index (χ4n) is 3.54. The molecule has 0 fully saturated rings. The summed E-state index contributed by atoms with van der Waals surface area (Å²) in [6.45, 7) is 0.788. The molecule has 0 saturated carbocycles. The summed E-state index contributed by atoms with van der Waals surface area (Å²) in [6.07, 6.45) is 7.00. The van der Waals surface area contributed by atoms with Crippen molar-refractivity contribution in [2.75, 3.05) is 19.0 Å². The average Bonchev–Trinajstić information content (AvgIpc) is 3.20. The molecule has 1 atom stereocenters. The molecule has 1 N–H and O–H groups in total. The minimum absolute atomic E-state index is 0.291. The fourth-order valence-corrected chi connectivity index (χ4v) is 3.54. The van der Waals surface area contributed by atoms with Gasteiger partial charge in [-0.05, 0) is 37.0 Å². The van der Waals surface area contributed by atoms with Crippen LogP contribution in [0.4, 0.5) is 5.95 Å². The number of furan rings is 1. The van der Waals surface area contributed by atoms with Crippen LogP contribution in [0.3, 0.4) is 0 Å². The van der Waals surface area contributed by atoms with E-state index in [1.807, 2.05) is 43.4 Å². The van der Waals surface area contributed by atoms with Gasteiger partial charge in [-0.15, -0.1) is 0 Å². The standard InChI is InChI=1S/C21H24N4O/c1-25(2)21-23-14-17-18(9-5-10-19(17)24-21)22-13-15-7-3-4-8-16(15)20-11-6-12-26-20/h3-4,6-8,11-12,14,18,22H,5,9-10,13H2,1-2H3/t18-/m1/s1. The Kier molecular flexibility index (Phi) is 4.71. The Morgan fingerprint density at radius 1 is 1.19 bits per heavy atom. The molecule has 5 heteroatoms. The van der Waals surface area contributed by atoms with Gasteiger partial charge in [-0.25, -0.2) is 9.97 Å². The number of aryl methyl sites for hydroxylation is 1. The number of hydrogen-bond acceptors (Lipinski definition) is 5. The van der Waals surface area contributed by atoms with E-state index >= 15 is 0 Å². The van der Waals surface area contributed by atoms with Gasteiger partial charge in [0.15, 0.2) is 0 Å². The first-order chi connectivity index (χ1) is 12.7. The number of anilines is 1. The summed E-state index contributed by atoms with van der Waals surface area (Å²) in [5.74, 6) is 1.69. The molecule has 0 aliphatic heterocycles. The van der Waals surface area contributed by atoms with Crippen molar-refractivity contribution in [2.45, 2.75) is 31.8 Å². The molecule has 5 nitrogen and oxygen atoms in total. The van der Waals surface area contributed by atoms with E-state index in [1.165, 1.54) is 16.8 Å². The highest BCUT2D eigenvalue weighted by molar-refractivity contribution is 5.61. The van der Waals surface area contributed by atoms with Crippen LogP contribution in [-0.2, 0) is 13.0 Å². The quantitative estimate of drug-likeness (QED) is 0.756. The van der Waals surface area contributed by atoms with E-state index in [-0.39, 0.29) is 0 Å². The van der Waals surface area contributed by atoms with Gasteiger partial charge in [-0.3, -0.25) is 0 Å². The summed E-state index contributed by atoms with van der Waals surface area (Å²) < 4.78 is 5.59. The zero-order valence-corrected chi connectivity index (χ0v) is 15.3. The monoisotopic (exact) mass is 348 g/mol. The Labute approximate surface area is 154 Å². The predicted octanol–water partition coefficient (Wildman–Crippen LogP) is 3.97. The second-order valence-electron chi connectivity index (χ2n) is 6.93. The summed E-state index contributed by atoms with van der Waals surface area (Å²) in [5, 5.41) is 3.71. The molecule has 2 heterocycles. The van der Waals surface area contributed by atoms with Gasteiger partial charge in [0.05, 0.1) is 12.0 Å². The smallest absolute Gasteiger partial charge is 0.225 e. The van der Waals surface area contributed by atoms with Crippen molar-refractivity contribution < 1.29 is 4.42 Å². The van der Waals surface area contributed by atoms with E-state index in [2.05, 4.69) is 28.5 Å². The molecule has 1 aliphatic rings. The van der Waals surface area contributed by atoms with Crippen molar-refractivity contribution in [2.24, 2.45) is 0 Å². The molecular formula is C21H24N4O. The average molecular weight is 348 g/mol. The lowest BCUT2D eigenvalue weighted by molar-refractivity contribution is 0.452. The van der Waals surface area contributed by atoms with E-state index in [0.717, 1.165) is 43.1 Å². The van der Waals surface area contributed by atoms with Crippen LogP contribution in [0.2, 0.25) is 0 Å². The van der Waals surface area contributed by atoms with Crippen molar-refractivity contribution in [3.8, 4) is 11.3 Å². The Hall–Kier alpha value is -2.66. The first-order valence-electron chi connectivity index (χ1n) is 9.10. The summed E-state index contributed by atoms with van der Waals surface area (Å²) in [6, 6.07) is 12.6. The normalized spacial score (nSPS) is 16.3. The molecular weight excluding hydrogens is 324 g/mol. The number of benzene rings is 1. The Balaban J connectivity index is 1.54. The molecule has 134 valence electrons. The topological polar surface area (TPSA) is 54.2 Å². The lowest BCUT2D eigenvalue weighted by Crippen LogP contribution is -2.27. The van der Waals surface area contributed by atoms with E-state index in [0.29, 0.717) is 6.04 Å². The van der Waals surface area contributed by atoms with Crippen LogP contribution in [0.5, 0.6) is 0 Å². The summed E-state index contributed by atoms with van der Waals surface area (Å²) >= 11 is 0. The van der Waals surface area contributed by atoms with Crippen LogP contribution in [-0.4, -0.2) is 24.1 Å². The molecule has 3 aromatic rings. The molecule has 0 saturated heterocycles. The molecule has 0 spiro atoms. The minimum atomic E-state index is 0.291.